The van der Waals surface area contributed by atoms with Gasteiger partial charge in [0.15, 0.2) is 0 Å². The molecule has 7 heteroatoms. The van der Waals surface area contributed by atoms with Crippen LogP contribution in [0.5, 0.6) is 0 Å². The molecule has 1 amide bonds. The van der Waals surface area contributed by atoms with Crippen LogP contribution in [0.25, 0.3) is 0 Å². The van der Waals surface area contributed by atoms with Crippen LogP contribution in [0.1, 0.15) is 30.0 Å². The maximum atomic E-state index is 11.4. The fourth-order valence-corrected chi connectivity index (χ4v) is 3.29. The second-order valence-corrected chi connectivity index (χ2v) is 7.01. The van der Waals surface area contributed by atoms with Gasteiger partial charge >= 0.3 is 0 Å². The molecule has 0 bridgehead atoms. The molecule has 0 saturated carbocycles. The van der Waals surface area contributed by atoms with Crippen molar-refractivity contribution in [3.05, 3.63) is 28.2 Å². The summed E-state index contributed by atoms with van der Waals surface area (Å²) in [7, 11) is 3.58. The van der Waals surface area contributed by atoms with Crippen molar-refractivity contribution in [3.63, 3.8) is 0 Å². The Labute approximate surface area is 133 Å². The van der Waals surface area contributed by atoms with E-state index in [0.717, 1.165) is 36.0 Å². The van der Waals surface area contributed by atoms with E-state index in [9.17, 15) is 4.79 Å². The highest BCUT2D eigenvalue weighted by molar-refractivity contribution is 7.99. The molecule has 2 aromatic rings. The molecule has 0 aliphatic heterocycles. The number of H-pyrrole nitrogens is 1. The Morgan fingerprint density at radius 2 is 2.29 bits per heavy atom. The predicted molar refractivity (Wildman–Crippen MR) is 86.8 cm³/mol. The van der Waals surface area contributed by atoms with Gasteiger partial charge in [0.1, 0.15) is 5.82 Å². The Hall–Kier alpha value is -1.34. The molecule has 0 aliphatic carbocycles. The van der Waals surface area contributed by atoms with Gasteiger partial charge in [-0.1, -0.05) is 17.8 Å². The predicted octanol–water partition coefficient (Wildman–Crippen LogP) is 2.81. The molecule has 0 aliphatic rings. The van der Waals surface area contributed by atoms with Gasteiger partial charge in [0, 0.05) is 37.6 Å². The fraction of sp³-hybridized carbons (Fsp3) is 0.500. The molecule has 0 radical (unpaired) electrons. The second kappa shape index (κ2) is 8.19. The van der Waals surface area contributed by atoms with Crippen LogP contribution in [0.4, 0.5) is 0 Å². The van der Waals surface area contributed by atoms with Gasteiger partial charge in [0.25, 0.3) is 0 Å². The third kappa shape index (κ3) is 5.51. The molecule has 114 valence electrons. The number of thioether (sulfide) groups is 1. The lowest BCUT2D eigenvalue weighted by Gasteiger charge is -2.09. The average molecular weight is 324 g/mol. The summed E-state index contributed by atoms with van der Waals surface area (Å²) in [4.78, 5) is 18.8. The molecule has 2 heterocycles. The first-order valence-corrected chi connectivity index (χ1v) is 8.78. The summed E-state index contributed by atoms with van der Waals surface area (Å²) in [6, 6.07) is 4.14. The van der Waals surface area contributed by atoms with Crippen molar-refractivity contribution in [2.45, 2.75) is 30.8 Å². The number of hydrogen-bond donors (Lipinski definition) is 1. The zero-order valence-electron chi connectivity index (χ0n) is 12.3. The van der Waals surface area contributed by atoms with Crippen LogP contribution in [0.2, 0.25) is 0 Å². The van der Waals surface area contributed by atoms with E-state index in [1.807, 2.05) is 6.07 Å². The molecule has 0 fully saturated rings. The van der Waals surface area contributed by atoms with E-state index in [-0.39, 0.29) is 5.91 Å². The topological polar surface area (TPSA) is 61.9 Å². The maximum absolute atomic E-state index is 11.4. The lowest BCUT2D eigenvalue weighted by atomic mass is 10.2. The number of unbranched alkanes of at least 4 members (excludes halogenated alkanes) is 1. The highest BCUT2D eigenvalue weighted by atomic mass is 32.2. The number of aromatic amines is 1. The molecular weight excluding hydrogens is 304 g/mol. The zero-order valence-corrected chi connectivity index (χ0v) is 14.0. The summed E-state index contributed by atoms with van der Waals surface area (Å²) in [6.07, 6.45) is 3.34. The molecule has 2 aromatic heterocycles. The molecule has 0 saturated heterocycles. The molecule has 0 atom stereocenters. The Balaban J connectivity index is 1.65. The summed E-state index contributed by atoms with van der Waals surface area (Å²) in [5.74, 6) is 2.04. The normalized spacial score (nSPS) is 10.8. The molecule has 0 aromatic carbocycles. The SMILES string of the molecule is CN(C)C(=O)CCCCSc1n[nH]c(Cc2cccs2)n1. The van der Waals surface area contributed by atoms with Gasteiger partial charge in [-0.3, -0.25) is 9.89 Å². The van der Waals surface area contributed by atoms with E-state index in [1.165, 1.54) is 4.88 Å². The molecule has 2 rings (SSSR count). The molecular formula is C14H20N4OS2. The van der Waals surface area contributed by atoms with Gasteiger partial charge in [-0.15, -0.1) is 16.4 Å². The van der Waals surface area contributed by atoms with E-state index in [1.54, 1.807) is 42.1 Å². The monoisotopic (exact) mass is 324 g/mol. The maximum Gasteiger partial charge on any atom is 0.222 e. The molecule has 1 N–H and O–H groups in total. The van der Waals surface area contributed by atoms with Crippen LogP contribution in [0, 0.1) is 0 Å². The second-order valence-electron chi connectivity index (χ2n) is 4.91. The summed E-state index contributed by atoms with van der Waals surface area (Å²) < 4.78 is 0. The zero-order chi connectivity index (χ0) is 15.1. The Bertz CT molecular complexity index is 551. The fourth-order valence-electron chi connectivity index (χ4n) is 1.76. The number of aromatic nitrogens is 3. The van der Waals surface area contributed by atoms with Crippen LogP contribution in [0.3, 0.4) is 0 Å². The average Bonchev–Trinajstić information content (AvgIpc) is 3.10. The van der Waals surface area contributed by atoms with Crippen molar-refractivity contribution in [1.82, 2.24) is 20.1 Å². The number of carbonyl (C=O) groups excluding carboxylic acids is 1. The number of amides is 1. The van der Waals surface area contributed by atoms with E-state index in [0.29, 0.717) is 6.42 Å². The van der Waals surface area contributed by atoms with E-state index >= 15 is 0 Å². The van der Waals surface area contributed by atoms with Crippen molar-refractivity contribution in [1.29, 1.82) is 0 Å². The Kier molecular flexibility index (Phi) is 6.25. The van der Waals surface area contributed by atoms with Crippen LogP contribution < -0.4 is 0 Å². The first-order chi connectivity index (χ1) is 10.1. The van der Waals surface area contributed by atoms with Crippen LogP contribution in [0.15, 0.2) is 22.7 Å². The smallest absolute Gasteiger partial charge is 0.222 e. The number of nitrogens with one attached hydrogen (secondary N) is 1. The van der Waals surface area contributed by atoms with E-state index in [2.05, 4.69) is 26.6 Å². The number of thiophene rings is 1. The van der Waals surface area contributed by atoms with E-state index < -0.39 is 0 Å². The van der Waals surface area contributed by atoms with Crippen molar-refractivity contribution < 1.29 is 4.79 Å². The van der Waals surface area contributed by atoms with Crippen molar-refractivity contribution in [2.75, 3.05) is 19.8 Å². The molecule has 21 heavy (non-hydrogen) atoms. The minimum Gasteiger partial charge on any atom is -0.349 e. The van der Waals surface area contributed by atoms with Crippen molar-refractivity contribution in [3.8, 4) is 0 Å². The number of hydrogen-bond acceptors (Lipinski definition) is 5. The highest BCUT2D eigenvalue weighted by Gasteiger charge is 2.06. The van der Waals surface area contributed by atoms with Crippen molar-refractivity contribution >= 4 is 29.0 Å². The van der Waals surface area contributed by atoms with Gasteiger partial charge in [-0.05, 0) is 24.3 Å². The van der Waals surface area contributed by atoms with Gasteiger partial charge in [0.05, 0.1) is 0 Å². The number of carbonyl (C=O) groups is 1. The number of nitrogens with zero attached hydrogens (tertiary/aromatic N) is 3. The van der Waals surface area contributed by atoms with E-state index in [4.69, 9.17) is 0 Å². The summed E-state index contributed by atoms with van der Waals surface area (Å²) in [5.41, 5.74) is 0. The molecule has 5 nitrogen and oxygen atoms in total. The lowest BCUT2D eigenvalue weighted by Crippen LogP contribution is -2.21. The van der Waals surface area contributed by atoms with Gasteiger partial charge in [0.2, 0.25) is 11.1 Å². The molecule has 0 unspecified atom stereocenters. The number of rotatable bonds is 8. The quantitative estimate of drug-likeness (QED) is 0.599. The minimum atomic E-state index is 0.191. The van der Waals surface area contributed by atoms with Crippen LogP contribution >= 0.6 is 23.1 Å². The van der Waals surface area contributed by atoms with Crippen LogP contribution in [-0.4, -0.2) is 45.8 Å². The molecule has 0 spiro atoms. The van der Waals surface area contributed by atoms with Crippen LogP contribution in [-0.2, 0) is 11.2 Å². The summed E-state index contributed by atoms with van der Waals surface area (Å²) in [5, 5.41) is 10.1. The highest BCUT2D eigenvalue weighted by Crippen LogP contribution is 2.17. The third-order valence-electron chi connectivity index (χ3n) is 2.95. The van der Waals surface area contributed by atoms with Gasteiger partial charge in [-0.25, -0.2) is 4.98 Å². The first kappa shape index (κ1) is 16.0. The Morgan fingerprint density at radius 3 is 3.00 bits per heavy atom. The Morgan fingerprint density at radius 1 is 1.43 bits per heavy atom. The minimum absolute atomic E-state index is 0.191. The standard InChI is InChI=1S/C14H20N4OS2/c1-18(2)13(19)7-3-4-8-21-14-15-12(16-17-14)10-11-6-5-9-20-11/h5-6,9H,3-4,7-8,10H2,1-2H3,(H,15,16,17). The largest absolute Gasteiger partial charge is 0.349 e. The summed E-state index contributed by atoms with van der Waals surface area (Å²) >= 11 is 3.36. The summed E-state index contributed by atoms with van der Waals surface area (Å²) in [6.45, 7) is 0. The third-order valence-corrected chi connectivity index (χ3v) is 4.76. The lowest BCUT2D eigenvalue weighted by molar-refractivity contribution is -0.128. The first-order valence-electron chi connectivity index (χ1n) is 6.92. The van der Waals surface area contributed by atoms with Gasteiger partial charge < -0.3 is 4.90 Å². The van der Waals surface area contributed by atoms with Gasteiger partial charge in [-0.2, -0.15) is 0 Å². The van der Waals surface area contributed by atoms with Crippen molar-refractivity contribution in [2.24, 2.45) is 0 Å².